The fraction of sp³-hybridized carbons (Fsp3) is 0.467. The van der Waals surface area contributed by atoms with Crippen molar-refractivity contribution in [1.82, 2.24) is 0 Å². The van der Waals surface area contributed by atoms with Crippen molar-refractivity contribution in [3.8, 4) is 5.75 Å². The molecule has 1 aliphatic rings. The van der Waals surface area contributed by atoms with Crippen LogP contribution in [0.1, 0.15) is 25.7 Å². The third-order valence-electron chi connectivity index (χ3n) is 3.91. The van der Waals surface area contributed by atoms with Crippen molar-refractivity contribution in [1.29, 1.82) is 0 Å². The molecule has 23 heavy (non-hydrogen) atoms. The van der Waals surface area contributed by atoms with Gasteiger partial charge in [0.1, 0.15) is 5.75 Å². The summed E-state index contributed by atoms with van der Waals surface area (Å²) in [5, 5.41) is 5.28. The molecule has 1 saturated carbocycles. The highest BCUT2D eigenvalue weighted by atomic mass is 35.5. The number of carbonyl (C=O) groups excluding carboxylic acids is 2. The number of hydrogen-bond donors (Lipinski definition) is 4. The monoisotopic (exact) mass is 342 g/mol. The van der Waals surface area contributed by atoms with Gasteiger partial charge in [-0.1, -0.05) is 6.42 Å². The first-order chi connectivity index (χ1) is 10.5. The van der Waals surface area contributed by atoms with E-state index < -0.39 is 6.03 Å². The van der Waals surface area contributed by atoms with Gasteiger partial charge >= 0.3 is 6.03 Å². The van der Waals surface area contributed by atoms with E-state index in [0.29, 0.717) is 23.5 Å². The summed E-state index contributed by atoms with van der Waals surface area (Å²) in [5.74, 6) is 0.604. The molecular formula is C15H23ClN4O3. The van der Waals surface area contributed by atoms with Crippen molar-refractivity contribution in [2.45, 2.75) is 31.7 Å². The zero-order chi connectivity index (χ0) is 16.1. The fourth-order valence-electron chi connectivity index (χ4n) is 2.77. The molecule has 6 N–H and O–H groups in total. The first-order valence-electron chi connectivity index (χ1n) is 7.29. The van der Waals surface area contributed by atoms with E-state index in [-0.39, 0.29) is 30.3 Å². The highest BCUT2D eigenvalue weighted by Crippen LogP contribution is 2.29. The molecule has 0 saturated heterocycles. The predicted octanol–water partition coefficient (Wildman–Crippen LogP) is 2.06. The van der Waals surface area contributed by atoms with Crippen LogP contribution < -0.4 is 26.8 Å². The number of nitrogens with two attached hydrogens (primary N) is 2. The number of methoxy groups -OCH3 is 1. The second kappa shape index (κ2) is 8.59. The van der Waals surface area contributed by atoms with Crippen LogP contribution >= 0.6 is 12.4 Å². The van der Waals surface area contributed by atoms with Gasteiger partial charge in [0.15, 0.2) is 0 Å². The van der Waals surface area contributed by atoms with Gasteiger partial charge in [0.2, 0.25) is 5.91 Å². The maximum Gasteiger partial charge on any atom is 0.316 e. The Hall–Kier alpha value is -1.99. The van der Waals surface area contributed by atoms with Gasteiger partial charge in [0.05, 0.1) is 12.8 Å². The van der Waals surface area contributed by atoms with Crippen LogP contribution in [0.3, 0.4) is 0 Å². The Labute approximate surface area is 141 Å². The van der Waals surface area contributed by atoms with Gasteiger partial charge in [-0.25, -0.2) is 4.79 Å². The van der Waals surface area contributed by atoms with Crippen molar-refractivity contribution < 1.29 is 14.3 Å². The summed E-state index contributed by atoms with van der Waals surface area (Å²) in [6.45, 7) is 0. The fourth-order valence-corrected chi connectivity index (χ4v) is 2.77. The molecule has 0 spiro atoms. The lowest BCUT2D eigenvalue weighted by molar-refractivity contribution is -0.117. The Balaban J connectivity index is 0.00000264. The molecule has 1 fully saturated rings. The molecule has 2 atom stereocenters. The average Bonchev–Trinajstić information content (AvgIpc) is 2.85. The maximum absolute atomic E-state index is 12.1. The lowest BCUT2D eigenvalue weighted by Crippen LogP contribution is -2.28. The lowest BCUT2D eigenvalue weighted by Gasteiger charge is -2.15. The van der Waals surface area contributed by atoms with Crippen LogP contribution in [0.2, 0.25) is 0 Å². The van der Waals surface area contributed by atoms with E-state index in [2.05, 4.69) is 10.6 Å². The van der Waals surface area contributed by atoms with Gasteiger partial charge < -0.3 is 26.8 Å². The van der Waals surface area contributed by atoms with Crippen molar-refractivity contribution in [2.24, 2.45) is 17.4 Å². The molecule has 7 nitrogen and oxygen atoms in total. The molecule has 1 aromatic carbocycles. The highest BCUT2D eigenvalue weighted by molar-refractivity contribution is 5.93. The molecule has 2 rings (SSSR count). The van der Waals surface area contributed by atoms with Crippen molar-refractivity contribution in [2.75, 3.05) is 17.7 Å². The van der Waals surface area contributed by atoms with E-state index in [1.165, 1.54) is 7.11 Å². The molecule has 0 aromatic heterocycles. The van der Waals surface area contributed by atoms with Crippen LogP contribution in [0.15, 0.2) is 18.2 Å². The van der Waals surface area contributed by atoms with Gasteiger partial charge in [-0.3, -0.25) is 4.79 Å². The van der Waals surface area contributed by atoms with Gasteiger partial charge in [0, 0.05) is 24.2 Å². The Kier molecular flexibility index (Phi) is 7.12. The van der Waals surface area contributed by atoms with Gasteiger partial charge in [-0.05, 0) is 30.9 Å². The summed E-state index contributed by atoms with van der Waals surface area (Å²) in [6.07, 6.45) is 3.49. The van der Waals surface area contributed by atoms with Crippen molar-refractivity contribution >= 4 is 35.7 Å². The molecular weight excluding hydrogens is 320 g/mol. The summed E-state index contributed by atoms with van der Waals surface area (Å²) in [7, 11) is 1.48. The normalized spacial score (nSPS) is 19.6. The number of carbonyl (C=O) groups is 2. The van der Waals surface area contributed by atoms with Gasteiger partial charge in [-0.2, -0.15) is 0 Å². The average molecular weight is 343 g/mol. The highest BCUT2D eigenvalue weighted by Gasteiger charge is 2.26. The van der Waals surface area contributed by atoms with Crippen LogP contribution in [0.25, 0.3) is 0 Å². The molecule has 1 aliphatic carbocycles. The van der Waals surface area contributed by atoms with E-state index in [1.54, 1.807) is 18.2 Å². The van der Waals surface area contributed by atoms with Gasteiger partial charge in [0.25, 0.3) is 0 Å². The zero-order valence-electron chi connectivity index (χ0n) is 13.0. The number of rotatable bonds is 5. The summed E-state index contributed by atoms with van der Waals surface area (Å²) in [6, 6.07) is 4.38. The Morgan fingerprint density at radius 2 is 2.04 bits per heavy atom. The smallest absolute Gasteiger partial charge is 0.316 e. The first kappa shape index (κ1) is 19.1. The molecule has 0 aliphatic heterocycles. The van der Waals surface area contributed by atoms with E-state index >= 15 is 0 Å². The summed E-state index contributed by atoms with van der Waals surface area (Å²) in [4.78, 5) is 23.0. The largest absolute Gasteiger partial charge is 0.494 e. The van der Waals surface area contributed by atoms with Gasteiger partial charge in [-0.15, -0.1) is 12.4 Å². The lowest BCUT2D eigenvalue weighted by atomic mass is 10.00. The third-order valence-corrected chi connectivity index (χ3v) is 3.91. The van der Waals surface area contributed by atoms with E-state index in [1.807, 2.05) is 0 Å². The summed E-state index contributed by atoms with van der Waals surface area (Å²) >= 11 is 0. The molecule has 128 valence electrons. The first-order valence-corrected chi connectivity index (χ1v) is 7.29. The van der Waals surface area contributed by atoms with Crippen LogP contribution in [0.5, 0.6) is 5.75 Å². The number of hydrogen-bond acceptors (Lipinski definition) is 4. The molecule has 0 unspecified atom stereocenters. The second-order valence-corrected chi connectivity index (χ2v) is 5.51. The zero-order valence-corrected chi connectivity index (χ0v) is 13.8. The second-order valence-electron chi connectivity index (χ2n) is 5.51. The number of nitrogens with one attached hydrogen (secondary N) is 2. The number of primary amides is 1. The predicted molar refractivity (Wildman–Crippen MR) is 92.0 cm³/mol. The van der Waals surface area contributed by atoms with Crippen molar-refractivity contribution in [3.05, 3.63) is 18.2 Å². The van der Waals surface area contributed by atoms with E-state index in [0.717, 1.165) is 19.3 Å². The van der Waals surface area contributed by atoms with Crippen LogP contribution in [-0.2, 0) is 4.79 Å². The Morgan fingerprint density at radius 1 is 1.30 bits per heavy atom. The number of halogens is 1. The molecule has 0 heterocycles. The minimum atomic E-state index is -0.676. The maximum atomic E-state index is 12.1. The molecule has 3 amide bonds. The minimum absolute atomic E-state index is 0. The Bertz CT molecular complexity index is 568. The van der Waals surface area contributed by atoms with Crippen molar-refractivity contribution in [3.63, 3.8) is 0 Å². The van der Waals surface area contributed by atoms with Crippen LogP contribution in [-0.4, -0.2) is 25.1 Å². The van der Waals surface area contributed by atoms with Crippen LogP contribution in [0.4, 0.5) is 16.2 Å². The summed E-state index contributed by atoms with van der Waals surface area (Å²) in [5.41, 5.74) is 12.1. The Morgan fingerprint density at radius 3 is 2.61 bits per heavy atom. The molecule has 0 bridgehead atoms. The molecule has 1 aromatic rings. The van der Waals surface area contributed by atoms with E-state index in [4.69, 9.17) is 16.2 Å². The van der Waals surface area contributed by atoms with Crippen LogP contribution in [0, 0.1) is 5.92 Å². The van der Waals surface area contributed by atoms with E-state index in [9.17, 15) is 9.59 Å². The topological polar surface area (TPSA) is 119 Å². The number of benzene rings is 1. The number of ether oxygens (including phenoxy) is 1. The number of urea groups is 1. The summed E-state index contributed by atoms with van der Waals surface area (Å²) < 4.78 is 5.18. The standard InChI is InChI=1S/C15H22N4O3.ClH/c1-22-13-8-10(5-6-12(13)19-15(17)21)18-14(20)7-9-3-2-4-11(9)16;/h5-6,8-9,11H,2-4,7,16H2,1H3,(H,18,20)(H3,17,19,21);1H/t9-,11+;/m0./s1. The SMILES string of the molecule is COc1cc(NC(=O)C[C@@H]2CCC[C@H]2N)ccc1NC(N)=O.Cl. The molecule has 8 heteroatoms. The molecule has 0 radical (unpaired) electrons. The minimum Gasteiger partial charge on any atom is -0.494 e. The number of amides is 3. The quantitative estimate of drug-likeness (QED) is 0.654. The third kappa shape index (κ3) is 5.30. The number of anilines is 2.